The monoisotopic (exact) mass is 267 g/mol. The number of rotatable bonds is 7. The van der Waals surface area contributed by atoms with Crippen molar-refractivity contribution < 1.29 is 9.47 Å². The van der Waals surface area contributed by atoms with Gasteiger partial charge in [0.05, 0.1) is 18.8 Å². The Bertz CT molecular complexity index is 297. The van der Waals surface area contributed by atoms with Gasteiger partial charge in [-0.05, 0) is 62.7 Å². The molecule has 1 N–H and O–H groups in total. The smallest absolute Gasteiger partial charge is 0.0587 e. The molecule has 4 unspecified atom stereocenters. The van der Waals surface area contributed by atoms with E-state index in [1.807, 2.05) is 0 Å². The highest BCUT2D eigenvalue weighted by molar-refractivity contribution is 5.05. The van der Waals surface area contributed by atoms with Crippen molar-refractivity contribution >= 4 is 0 Å². The number of hydrogen-bond donors (Lipinski definition) is 1. The molecule has 110 valence electrons. The second-order valence-corrected chi connectivity index (χ2v) is 7.18. The SMILES string of the molecule is COCCNCC1(CC2CCC(C)O2)CC2CC2C1. The quantitative estimate of drug-likeness (QED) is 0.719. The van der Waals surface area contributed by atoms with E-state index >= 15 is 0 Å². The Morgan fingerprint density at radius 3 is 2.68 bits per heavy atom. The van der Waals surface area contributed by atoms with Crippen LogP contribution in [0, 0.1) is 17.3 Å². The van der Waals surface area contributed by atoms with Crippen LogP contribution in [0.25, 0.3) is 0 Å². The molecule has 2 aliphatic carbocycles. The Morgan fingerprint density at radius 1 is 1.26 bits per heavy atom. The highest BCUT2D eigenvalue weighted by Crippen LogP contribution is 2.61. The number of fused-ring (bicyclic) bond motifs is 1. The summed E-state index contributed by atoms with van der Waals surface area (Å²) in [5.41, 5.74) is 0.524. The largest absolute Gasteiger partial charge is 0.383 e. The van der Waals surface area contributed by atoms with Crippen molar-refractivity contribution in [3.8, 4) is 0 Å². The molecule has 3 aliphatic rings. The minimum Gasteiger partial charge on any atom is -0.383 e. The normalized spacial score (nSPS) is 44.5. The molecule has 3 fully saturated rings. The van der Waals surface area contributed by atoms with Crippen molar-refractivity contribution in [2.24, 2.45) is 17.3 Å². The van der Waals surface area contributed by atoms with E-state index in [0.717, 1.165) is 31.5 Å². The van der Waals surface area contributed by atoms with Gasteiger partial charge in [-0.2, -0.15) is 0 Å². The lowest BCUT2D eigenvalue weighted by atomic mass is 9.77. The fraction of sp³-hybridized carbons (Fsp3) is 1.00. The van der Waals surface area contributed by atoms with Crippen LogP contribution >= 0.6 is 0 Å². The molecule has 0 spiro atoms. The topological polar surface area (TPSA) is 30.5 Å². The molecule has 1 saturated heterocycles. The average molecular weight is 267 g/mol. The summed E-state index contributed by atoms with van der Waals surface area (Å²) in [7, 11) is 1.77. The van der Waals surface area contributed by atoms with E-state index in [1.165, 1.54) is 38.5 Å². The number of methoxy groups -OCH3 is 1. The molecule has 3 heteroatoms. The summed E-state index contributed by atoms with van der Waals surface area (Å²) in [4.78, 5) is 0. The third kappa shape index (κ3) is 3.32. The maximum atomic E-state index is 6.07. The van der Waals surface area contributed by atoms with Crippen LogP contribution in [0.3, 0.4) is 0 Å². The lowest BCUT2D eigenvalue weighted by Gasteiger charge is -2.34. The molecule has 3 nitrogen and oxygen atoms in total. The average Bonchev–Trinajstić information content (AvgIpc) is 2.81. The fourth-order valence-electron chi connectivity index (χ4n) is 4.44. The Balaban J connectivity index is 1.51. The van der Waals surface area contributed by atoms with E-state index in [9.17, 15) is 0 Å². The summed E-state index contributed by atoms with van der Waals surface area (Å²) in [5.74, 6) is 2.09. The van der Waals surface area contributed by atoms with Crippen LogP contribution in [-0.2, 0) is 9.47 Å². The molecule has 0 amide bonds. The number of ether oxygens (including phenoxy) is 2. The van der Waals surface area contributed by atoms with Crippen molar-refractivity contribution in [3.63, 3.8) is 0 Å². The van der Waals surface area contributed by atoms with E-state index in [4.69, 9.17) is 9.47 Å². The molecule has 0 bridgehead atoms. The summed E-state index contributed by atoms with van der Waals surface area (Å²) in [6.45, 7) is 5.18. The first-order valence-electron chi connectivity index (χ1n) is 8.06. The zero-order valence-electron chi connectivity index (χ0n) is 12.5. The van der Waals surface area contributed by atoms with Gasteiger partial charge in [0.25, 0.3) is 0 Å². The third-order valence-electron chi connectivity index (χ3n) is 5.42. The zero-order valence-corrected chi connectivity index (χ0v) is 12.5. The first-order chi connectivity index (χ1) is 9.21. The molecule has 0 aromatic heterocycles. The Hall–Kier alpha value is -0.120. The summed E-state index contributed by atoms with van der Waals surface area (Å²) in [6, 6.07) is 0. The number of hydrogen-bond acceptors (Lipinski definition) is 3. The predicted octanol–water partition coefficient (Wildman–Crippen LogP) is 2.60. The van der Waals surface area contributed by atoms with Gasteiger partial charge in [-0.15, -0.1) is 0 Å². The molecule has 1 aliphatic heterocycles. The van der Waals surface area contributed by atoms with Crippen LogP contribution < -0.4 is 5.32 Å². The highest BCUT2D eigenvalue weighted by atomic mass is 16.5. The van der Waals surface area contributed by atoms with Crippen molar-refractivity contribution in [3.05, 3.63) is 0 Å². The van der Waals surface area contributed by atoms with Gasteiger partial charge in [-0.25, -0.2) is 0 Å². The van der Waals surface area contributed by atoms with Gasteiger partial charge in [-0.1, -0.05) is 0 Å². The van der Waals surface area contributed by atoms with Crippen molar-refractivity contribution in [2.75, 3.05) is 26.8 Å². The van der Waals surface area contributed by atoms with Crippen LogP contribution in [0.1, 0.15) is 45.4 Å². The molecule has 0 aromatic rings. The molecular weight excluding hydrogens is 238 g/mol. The summed E-state index contributed by atoms with van der Waals surface area (Å²) < 4.78 is 11.2. The molecule has 19 heavy (non-hydrogen) atoms. The maximum absolute atomic E-state index is 6.07. The minimum absolute atomic E-state index is 0.486. The van der Waals surface area contributed by atoms with Crippen molar-refractivity contribution in [1.29, 1.82) is 0 Å². The first-order valence-corrected chi connectivity index (χ1v) is 8.06. The maximum Gasteiger partial charge on any atom is 0.0587 e. The fourth-order valence-corrected chi connectivity index (χ4v) is 4.44. The summed E-state index contributed by atoms with van der Waals surface area (Å²) in [5, 5.41) is 3.61. The zero-order chi connectivity index (χ0) is 13.3. The second-order valence-electron chi connectivity index (χ2n) is 7.18. The first kappa shape index (κ1) is 13.8. The van der Waals surface area contributed by atoms with Gasteiger partial charge >= 0.3 is 0 Å². The van der Waals surface area contributed by atoms with Gasteiger partial charge in [0.2, 0.25) is 0 Å². The van der Waals surface area contributed by atoms with Crippen molar-refractivity contribution in [1.82, 2.24) is 5.32 Å². The Morgan fingerprint density at radius 2 is 2.05 bits per heavy atom. The van der Waals surface area contributed by atoms with E-state index in [2.05, 4.69) is 12.2 Å². The Kier molecular flexibility index (Phi) is 4.16. The molecule has 4 atom stereocenters. The van der Waals surface area contributed by atoms with Crippen LogP contribution in [0.5, 0.6) is 0 Å². The van der Waals surface area contributed by atoms with Gasteiger partial charge in [0.15, 0.2) is 0 Å². The molecule has 0 radical (unpaired) electrons. The van der Waals surface area contributed by atoms with Gasteiger partial charge in [0.1, 0.15) is 0 Å². The molecule has 0 aromatic carbocycles. The Labute approximate surface area is 117 Å². The molecule has 1 heterocycles. The van der Waals surface area contributed by atoms with Crippen LogP contribution in [0.4, 0.5) is 0 Å². The highest BCUT2D eigenvalue weighted by Gasteiger charge is 2.54. The van der Waals surface area contributed by atoms with E-state index in [1.54, 1.807) is 7.11 Å². The van der Waals surface area contributed by atoms with Crippen LogP contribution in [0.15, 0.2) is 0 Å². The lowest BCUT2D eigenvalue weighted by Crippen LogP contribution is -2.37. The van der Waals surface area contributed by atoms with Gasteiger partial charge in [0, 0.05) is 20.2 Å². The summed E-state index contributed by atoms with van der Waals surface area (Å²) in [6.07, 6.45) is 9.20. The van der Waals surface area contributed by atoms with Gasteiger partial charge < -0.3 is 14.8 Å². The minimum atomic E-state index is 0.486. The molecular formula is C16H29NO2. The van der Waals surface area contributed by atoms with E-state index in [0.29, 0.717) is 17.6 Å². The van der Waals surface area contributed by atoms with E-state index < -0.39 is 0 Å². The molecule has 3 rings (SSSR count). The third-order valence-corrected chi connectivity index (χ3v) is 5.42. The number of nitrogens with one attached hydrogen (secondary N) is 1. The molecule has 2 saturated carbocycles. The van der Waals surface area contributed by atoms with Crippen molar-refractivity contribution in [2.45, 2.75) is 57.7 Å². The van der Waals surface area contributed by atoms with Crippen LogP contribution in [-0.4, -0.2) is 39.0 Å². The second kappa shape index (κ2) is 5.71. The standard InChI is InChI=1S/C16H29NO2/c1-12-3-4-15(19-12)10-16(11-17-5-6-18-2)8-13-7-14(13)9-16/h12-15,17H,3-11H2,1-2H3. The summed E-state index contributed by atoms with van der Waals surface area (Å²) >= 11 is 0. The van der Waals surface area contributed by atoms with Crippen LogP contribution in [0.2, 0.25) is 0 Å². The van der Waals surface area contributed by atoms with Gasteiger partial charge in [-0.3, -0.25) is 0 Å². The predicted molar refractivity (Wildman–Crippen MR) is 76.2 cm³/mol. The van der Waals surface area contributed by atoms with E-state index in [-0.39, 0.29) is 0 Å². The lowest BCUT2D eigenvalue weighted by molar-refractivity contribution is 0.0191.